The fraction of sp³-hybridized carbons (Fsp3) is 0.455. The van der Waals surface area contributed by atoms with Gasteiger partial charge in [-0.1, -0.05) is 17.7 Å². The van der Waals surface area contributed by atoms with Crippen molar-refractivity contribution in [3.63, 3.8) is 0 Å². The zero-order valence-electron chi connectivity index (χ0n) is 9.31. The molecule has 0 aliphatic carbocycles. The van der Waals surface area contributed by atoms with Crippen LogP contribution in [0.4, 0.5) is 4.39 Å². The van der Waals surface area contributed by atoms with Crippen molar-refractivity contribution < 1.29 is 22.1 Å². The molecule has 0 amide bonds. The average molecular weight is 260 g/mol. The predicted molar refractivity (Wildman–Crippen MR) is 59.4 cm³/mol. The highest BCUT2D eigenvalue weighted by atomic mass is 32.2. The Hall–Kier alpha value is -0.980. The first-order valence-electron chi connectivity index (χ1n) is 5.14. The Balaban J connectivity index is 2.40. The number of rotatable bonds is 3. The second kappa shape index (κ2) is 4.04. The average Bonchev–Trinajstić information content (AvgIpc) is 2.13. The number of aryl methyl sites for hydroxylation is 1. The second-order valence-electron chi connectivity index (χ2n) is 4.41. The lowest BCUT2D eigenvalue weighted by atomic mass is 9.94. The van der Waals surface area contributed by atoms with Crippen LogP contribution in [-0.2, 0) is 21.3 Å². The number of benzene rings is 1. The minimum atomic E-state index is -4.31. The van der Waals surface area contributed by atoms with E-state index in [9.17, 15) is 12.8 Å². The second-order valence-corrected chi connectivity index (χ2v) is 5.80. The monoisotopic (exact) mass is 260 g/mol. The molecule has 1 heterocycles. The van der Waals surface area contributed by atoms with E-state index in [1.165, 1.54) is 6.07 Å². The fourth-order valence-electron chi connectivity index (χ4n) is 1.86. The Morgan fingerprint density at radius 1 is 1.47 bits per heavy atom. The minimum Gasteiger partial charge on any atom is -0.375 e. The Morgan fingerprint density at radius 3 is 2.59 bits per heavy atom. The zero-order valence-corrected chi connectivity index (χ0v) is 10.1. The summed E-state index contributed by atoms with van der Waals surface area (Å²) in [5.41, 5.74) is -0.415. The van der Waals surface area contributed by atoms with E-state index in [1.54, 1.807) is 19.1 Å². The van der Waals surface area contributed by atoms with Crippen LogP contribution >= 0.6 is 0 Å². The van der Waals surface area contributed by atoms with Gasteiger partial charge in [0.05, 0.1) is 18.1 Å². The third-order valence-electron chi connectivity index (χ3n) is 2.72. The molecular formula is C11H13FO4S. The quantitative estimate of drug-likeness (QED) is 0.837. The molecule has 1 aliphatic rings. The third kappa shape index (κ3) is 2.65. The van der Waals surface area contributed by atoms with Crippen molar-refractivity contribution in [2.24, 2.45) is 0 Å². The van der Waals surface area contributed by atoms with E-state index < -0.39 is 15.8 Å². The van der Waals surface area contributed by atoms with Gasteiger partial charge < -0.3 is 4.74 Å². The van der Waals surface area contributed by atoms with Crippen molar-refractivity contribution in [3.05, 3.63) is 29.3 Å². The van der Waals surface area contributed by atoms with Gasteiger partial charge in [-0.3, -0.25) is 4.55 Å². The molecule has 6 heteroatoms. The van der Waals surface area contributed by atoms with Crippen molar-refractivity contribution in [2.75, 3.05) is 13.2 Å². The minimum absolute atomic E-state index is 0.0359. The molecular weight excluding hydrogens is 247 g/mol. The van der Waals surface area contributed by atoms with Crippen molar-refractivity contribution in [2.45, 2.75) is 23.9 Å². The van der Waals surface area contributed by atoms with Crippen molar-refractivity contribution >= 4 is 10.1 Å². The lowest BCUT2D eigenvalue weighted by Crippen LogP contribution is -2.47. The van der Waals surface area contributed by atoms with Gasteiger partial charge in [0, 0.05) is 6.42 Å². The van der Waals surface area contributed by atoms with Crippen LogP contribution in [0.15, 0.2) is 23.1 Å². The number of halogens is 1. The highest BCUT2D eigenvalue weighted by molar-refractivity contribution is 7.85. The van der Waals surface area contributed by atoms with Gasteiger partial charge >= 0.3 is 0 Å². The lowest BCUT2D eigenvalue weighted by molar-refractivity contribution is -0.129. The highest BCUT2D eigenvalue weighted by Crippen LogP contribution is 2.29. The summed E-state index contributed by atoms with van der Waals surface area (Å²) in [4.78, 5) is -0.230. The molecule has 0 saturated carbocycles. The summed E-state index contributed by atoms with van der Waals surface area (Å²) in [6.45, 7) is 1.71. The molecule has 1 fully saturated rings. The molecule has 1 aliphatic heterocycles. The van der Waals surface area contributed by atoms with Crippen LogP contribution in [0, 0.1) is 6.92 Å². The summed E-state index contributed by atoms with van der Waals surface area (Å²) in [6, 6.07) is 4.43. The van der Waals surface area contributed by atoms with Gasteiger partial charge in [-0.15, -0.1) is 0 Å². The molecule has 1 saturated heterocycles. The maximum Gasteiger partial charge on any atom is 0.294 e. The van der Waals surface area contributed by atoms with Gasteiger partial charge in [-0.2, -0.15) is 8.42 Å². The van der Waals surface area contributed by atoms with E-state index in [4.69, 9.17) is 9.29 Å². The molecule has 0 unspecified atom stereocenters. The zero-order chi connectivity index (χ0) is 12.7. The molecule has 0 atom stereocenters. The number of hydrogen-bond acceptors (Lipinski definition) is 3. The van der Waals surface area contributed by atoms with Crippen LogP contribution in [0.1, 0.15) is 11.1 Å². The molecule has 17 heavy (non-hydrogen) atoms. The van der Waals surface area contributed by atoms with Crippen molar-refractivity contribution in [1.82, 2.24) is 0 Å². The van der Waals surface area contributed by atoms with E-state index in [0.29, 0.717) is 5.56 Å². The number of hydrogen-bond donors (Lipinski definition) is 1. The van der Waals surface area contributed by atoms with E-state index in [-0.39, 0.29) is 24.5 Å². The van der Waals surface area contributed by atoms with Crippen LogP contribution in [0.3, 0.4) is 0 Å². The maximum atomic E-state index is 13.9. The van der Waals surface area contributed by atoms with Crippen LogP contribution in [0.5, 0.6) is 0 Å². The largest absolute Gasteiger partial charge is 0.375 e. The van der Waals surface area contributed by atoms with Gasteiger partial charge in [-0.05, 0) is 18.6 Å². The summed E-state index contributed by atoms with van der Waals surface area (Å²) in [5.74, 6) is 0. The Kier molecular flexibility index (Phi) is 2.97. The fourth-order valence-corrected chi connectivity index (χ4v) is 2.57. The van der Waals surface area contributed by atoms with Crippen LogP contribution < -0.4 is 0 Å². The highest BCUT2D eigenvalue weighted by Gasteiger charge is 2.39. The van der Waals surface area contributed by atoms with Crippen LogP contribution in [0.25, 0.3) is 0 Å². The van der Waals surface area contributed by atoms with E-state index in [0.717, 1.165) is 5.56 Å². The van der Waals surface area contributed by atoms with Gasteiger partial charge in [0.15, 0.2) is 5.67 Å². The first-order valence-corrected chi connectivity index (χ1v) is 6.58. The summed E-state index contributed by atoms with van der Waals surface area (Å²) < 4.78 is 50.1. The molecule has 0 aromatic heterocycles. The Morgan fingerprint density at radius 2 is 2.12 bits per heavy atom. The SMILES string of the molecule is Cc1ccc(S(=O)(=O)O)c(CC2(F)COC2)c1. The maximum absolute atomic E-state index is 13.9. The smallest absolute Gasteiger partial charge is 0.294 e. The molecule has 2 rings (SSSR count). The van der Waals surface area contributed by atoms with E-state index in [2.05, 4.69) is 0 Å². The van der Waals surface area contributed by atoms with Crippen molar-refractivity contribution in [3.8, 4) is 0 Å². The molecule has 4 nitrogen and oxygen atoms in total. The Bertz CT molecular complexity index is 534. The van der Waals surface area contributed by atoms with E-state index in [1.807, 2.05) is 0 Å². The standard InChI is InChI=1S/C11H13FO4S/c1-8-2-3-10(17(13,14)15)9(4-8)5-11(12)6-16-7-11/h2-4H,5-7H2,1H3,(H,13,14,15). The van der Waals surface area contributed by atoms with E-state index >= 15 is 0 Å². The van der Waals surface area contributed by atoms with Crippen molar-refractivity contribution in [1.29, 1.82) is 0 Å². The summed E-state index contributed by atoms with van der Waals surface area (Å²) in [6.07, 6.45) is -0.0657. The first kappa shape index (κ1) is 12.5. The molecule has 1 aromatic rings. The van der Waals surface area contributed by atoms with Gasteiger partial charge in [0.1, 0.15) is 0 Å². The molecule has 1 N–H and O–H groups in total. The first-order chi connectivity index (χ1) is 7.80. The number of alkyl halides is 1. The van der Waals surface area contributed by atoms with Gasteiger partial charge in [0.25, 0.3) is 10.1 Å². The molecule has 0 bridgehead atoms. The van der Waals surface area contributed by atoms with Gasteiger partial charge in [-0.25, -0.2) is 4.39 Å². The molecule has 94 valence electrons. The Labute approximate surface area is 99.2 Å². The lowest BCUT2D eigenvalue weighted by Gasteiger charge is -2.34. The summed E-state index contributed by atoms with van der Waals surface area (Å²) >= 11 is 0. The molecule has 0 radical (unpaired) electrons. The normalized spacial score (nSPS) is 18.8. The van der Waals surface area contributed by atoms with Gasteiger partial charge in [0.2, 0.25) is 0 Å². The third-order valence-corrected chi connectivity index (χ3v) is 3.68. The van der Waals surface area contributed by atoms with Crippen LogP contribution in [-0.4, -0.2) is 31.9 Å². The molecule has 0 spiro atoms. The topological polar surface area (TPSA) is 63.6 Å². The van der Waals surface area contributed by atoms with Crippen LogP contribution in [0.2, 0.25) is 0 Å². The number of ether oxygens (including phenoxy) is 1. The summed E-state index contributed by atoms with van der Waals surface area (Å²) in [5, 5.41) is 0. The predicted octanol–water partition coefficient (Wildman–Crippen LogP) is 1.52. The summed E-state index contributed by atoms with van der Waals surface area (Å²) in [7, 11) is -4.31. The molecule has 1 aromatic carbocycles.